The lowest BCUT2D eigenvalue weighted by molar-refractivity contribution is 1.09. The predicted octanol–water partition coefficient (Wildman–Crippen LogP) is 4.40. The summed E-state index contributed by atoms with van der Waals surface area (Å²) in [5.74, 6) is 0. The SMILES string of the molecule is C1=Cc2ccccc2N(c2cccc3cnccc23)C1. The van der Waals surface area contributed by atoms with Gasteiger partial charge in [-0.05, 0) is 23.8 Å². The standard InChI is InChI=1S/C18H14N2/c1-2-8-17-14(5-1)7-4-12-20(17)18-9-3-6-15-13-19-11-10-16(15)18/h1-11,13H,12H2. The van der Waals surface area contributed by atoms with Crippen LogP contribution in [0.2, 0.25) is 0 Å². The van der Waals surface area contributed by atoms with Crippen molar-refractivity contribution in [2.24, 2.45) is 0 Å². The number of rotatable bonds is 1. The van der Waals surface area contributed by atoms with Gasteiger partial charge in [0.05, 0.1) is 0 Å². The lowest BCUT2D eigenvalue weighted by atomic mass is 10.0. The van der Waals surface area contributed by atoms with Gasteiger partial charge in [-0.1, -0.05) is 42.5 Å². The Balaban J connectivity index is 1.95. The van der Waals surface area contributed by atoms with Crippen LogP contribution in [-0.4, -0.2) is 11.5 Å². The Morgan fingerprint density at radius 2 is 1.80 bits per heavy atom. The quantitative estimate of drug-likeness (QED) is 0.643. The van der Waals surface area contributed by atoms with Gasteiger partial charge in [0.25, 0.3) is 0 Å². The van der Waals surface area contributed by atoms with Crippen LogP contribution in [0.3, 0.4) is 0 Å². The first-order valence-corrected chi connectivity index (χ1v) is 6.79. The average molecular weight is 258 g/mol. The molecule has 1 aliphatic heterocycles. The van der Waals surface area contributed by atoms with E-state index in [1.807, 2.05) is 12.4 Å². The number of hydrogen-bond acceptors (Lipinski definition) is 2. The number of anilines is 2. The summed E-state index contributed by atoms with van der Waals surface area (Å²) in [5.41, 5.74) is 3.77. The fourth-order valence-electron chi connectivity index (χ4n) is 2.83. The first kappa shape index (κ1) is 11.2. The maximum absolute atomic E-state index is 4.21. The second-order valence-electron chi connectivity index (χ2n) is 4.95. The van der Waals surface area contributed by atoms with Crippen molar-refractivity contribution in [2.75, 3.05) is 11.4 Å². The minimum absolute atomic E-state index is 0.901. The maximum Gasteiger partial charge on any atom is 0.0494 e. The molecule has 0 unspecified atom stereocenters. The van der Waals surface area contributed by atoms with Crippen molar-refractivity contribution in [3.63, 3.8) is 0 Å². The first-order valence-electron chi connectivity index (χ1n) is 6.79. The number of nitrogens with zero attached hydrogens (tertiary/aromatic N) is 2. The lowest BCUT2D eigenvalue weighted by Crippen LogP contribution is -2.20. The van der Waals surface area contributed by atoms with E-state index in [0.29, 0.717) is 0 Å². The highest BCUT2D eigenvalue weighted by Gasteiger charge is 2.16. The summed E-state index contributed by atoms with van der Waals surface area (Å²) in [5, 5.41) is 2.42. The Bertz CT molecular complexity index is 800. The van der Waals surface area contributed by atoms with E-state index in [-0.39, 0.29) is 0 Å². The van der Waals surface area contributed by atoms with Crippen LogP contribution in [0, 0.1) is 0 Å². The minimum atomic E-state index is 0.901. The Labute approximate surface area is 118 Å². The molecule has 2 heterocycles. The van der Waals surface area contributed by atoms with E-state index in [4.69, 9.17) is 0 Å². The summed E-state index contributed by atoms with van der Waals surface area (Å²) in [6.07, 6.45) is 8.18. The van der Waals surface area contributed by atoms with Crippen molar-refractivity contribution < 1.29 is 0 Å². The highest BCUT2D eigenvalue weighted by Crippen LogP contribution is 2.35. The van der Waals surface area contributed by atoms with Crippen LogP contribution >= 0.6 is 0 Å². The van der Waals surface area contributed by atoms with E-state index < -0.39 is 0 Å². The van der Waals surface area contributed by atoms with Gasteiger partial charge in [0.15, 0.2) is 0 Å². The van der Waals surface area contributed by atoms with Crippen molar-refractivity contribution in [1.82, 2.24) is 4.98 Å². The van der Waals surface area contributed by atoms with Crippen molar-refractivity contribution in [2.45, 2.75) is 0 Å². The molecule has 1 aliphatic rings. The summed E-state index contributed by atoms with van der Waals surface area (Å²) in [4.78, 5) is 6.57. The Kier molecular flexibility index (Phi) is 2.52. The number of pyridine rings is 1. The summed E-state index contributed by atoms with van der Waals surface area (Å²) in [6, 6.07) is 17.0. The minimum Gasteiger partial charge on any atom is -0.337 e. The molecule has 0 saturated heterocycles. The highest BCUT2D eigenvalue weighted by atomic mass is 15.1. The van der Waals surface area contributed by atoms with Crippen LogP contribution < -0.4 is 4.90 Å². The van der Waals surface area contributed by atoms with E-state index >= 15 is 0 Å². The topological polar surface area (TPSA) is 16.1 Å². The number of aromatic nitrogens is 1. The molecule has 3 aromatic rings. The number of para-hydroxylation sites is 1. The van der Waals surface area contributed by atoms with E-state index in [0.717, 1.165) is 6.54 Å². The third-order valence-corrected chi connectivity index (χ3v) is 3.76. The van der Waals surface area contributed by atoms with E-state index in [9.17, 15) is 0 Å². The molecule has 0 saturated carbocycles. The normalized spacial score (nSPS) is 13.5. The van der Waals surface area contributed by atoms with Gasteiger partial charge in [0.2, 0.25) is 0 Å². The Morgan fingerprint density at radius 1 is 0.900 bits per heavy atom. The second kappa shape index (κ2) is 4.49. The Morgan fingerprint density at radius 3 is 2.80 bits per heavy atom. The van der Waals surface area contributed by atoms with Crippen LogP contribution in [0.5, 0.6) is 0 Å². The highest BCUT2D eigenvalue weighted by molar-refractivity contribution is 5.96. The molecule has 0 fully saturated rings. The summed E-state index contributed by atoms with van der Waals surface area (Å²) in [6.45, 7) is 0.901. The molecule has 0 atom stereocenters. The molecule has 96 valence electrons. The van der Waals surface area contributed by atoms with Gasteiger partial charge in [0.1, 0.15) is 0 Å². The lowest BCUT2D eigenvalue weighted by Gasteiger charge is -2.29. The molecule has 0 amide bonds. The van der Waals surface area contributed by atoms with Gasteiger partial charge in [-0.25, -0.2) is 0 Å². The third kappa shape index (κ3) is 1.69. The molecule has 0 radical (unpaired) electrons. The fourth-order valence-corrected chi connectivity index (χ4v) is 2.83. The zero-order chi connectivity index (χ0) is 13.4. The monoisotopic (exact) mass is 258 g/mol. The largest absolute Gasteiger partial charge is 0.337 e. The molecule has 2 heteroatoms. The molecule has 2 nitrogen and oxygen atoms in total. The van der Waals surface area contributed by atoms with Crippen LogP contribution in [0.25, 0.3) is 16.8 Å². The van der Waals surface area contributed by atoms with Gasteiger partial charge in [0, 0.05) is 41.1 Å². The third-order valence-electron chi connectivity index (χ3n) is 3.76. The van der Waals surface area contributed by atoms with Gasteiger partial charge in [-0.3, -0.25) is 4.98 Å². The molecular weight excluding hydrogens is 244 g/mol. The zero-order valence-corrected chi connectivity index (χ0v) is 11.0. The number of benzene rings is 2. The van der Waals surface area contributed by atoms with Crippen LogP contribution in [0.4, 0.5) is 11.4 Å². The van der Waals surface area contributed by atoms with Crippen molar-refractivity contribution in [3.8, 4) is 0 Å². The second-order valence-corrected chi connectivity index (χ2v) is 4.95. The first-order chi connectivity index (χ1) is 9.93. The Hall–Kier alpha value is -2.61. The molecule has 4 rings (SSSR count). The fraction of sp³-hybridized carbons (Fsp3) is 0.0556. The number of hydrogen-bond donors (Lipinski definition) is 0. The molecule has 0 spiro atoms. The molecule has 0 aliphatic carbocycles. The van der Waals surface area contributed by atoms with Crippen LogP contribution in [0.15, 0.2) is 67.0 Å². The van der Waals surface area contributed by atoms with E-state index in [2.05, 4.69) is 70.6 Å². The van der Waals surface area contributed by atoms with Crippen molar-refractivity contribution >= 4 is 28.2 Å². The van der Waals surface area contributed by atoms with Gasteiger partial charge >= 0.3 is 0 Å². The molecule has 0 bridgehead atoms. The predicted molar refractivity (Wildman–Crippen MR) is 84.2 cm³/mol. The maximum atomic E-state index is 4.21. The smallest absolute Gasteiger partial charge is 0.0494 e. The van der Waals surface area contributed by atoms with Gasteiger partial charge < -0.3 is 4.90 Å². The van der Waals surface area contributed by atoms with E-state index in [1.165, 1.54) is 27.7 Å². The average Bonchev–Trinajstić information content (AvgIpc) is 2.54. The molecule has 20 heavy (non-hydrogen) atoms. The zero-order valence-electron chi connectivity index (χ0n) is 11.0. The van der Waals surface area contributed by atoms with Crippen molar-refractivity contribution in [1.29, 1.82) is 0 Å². The van der Waals surface area contributed by atoms with Gasteiger partial charge in [-0.15, -0.1) is 0 Å². The van der Waals surface area contributed by atoms with Crippen LogP contribution in [0.1, 0.15) is 5.56 Å². The summed E-state index contributed by atoms with van der Waals surface area (Å²) < 4.78 is 0. The molecule has 0 N–H and O–H groups in total. The van der Waals surface area contributed by atoms with Gasteiger partial charge in [-0.2, -0.15) is 0 Å². The van der Waals surface area contributed by atoms with Crippen LogP contribution in [-0.2, 0) is 0 Å². The summed E-state index contributed by atoms with van der Waals surface area (Å²) >= 11 is 0. The number of fused-ring (bicyclic) bond motifs is 2. The summed E-state index contributed by atoms with van der Waals surface area (Å²) in [7, 11) is 0. The molecule has 1 aromatic heterocycles. The van der Waals surface area contributed by atoms with E-state index in [1.54, 1.807) is 0 Å². The molecular formula is C18H14N2. The van der Waals surface area contributed by atoms with Crippen molar-refractivity contribution in [3.05, 3.63) is 72.6 Å². The molecule has 2 aromatic carbocycles.